The van der Waals surface area contributed by atoms with E-state index in [-0.39, 0.29) is 41.7 Å². The molecule has 3 N–H and O–H groups in total. The third-order valence-electron chi connectivity index (χ3n) is 7.44. The van der Waals surface area contributed by atoms with Crippen LogP contribution in [0, 0.1) is 11.8 Å². The van der Waals surface area contributed by atoms with Crippen molar-refractivity contribution in [2.24, 2.45) is 11.8 Å². The lowest BCUT2D eigenvalue weighted by molar-refractivity contribution is -0.141. The van der Waals surface area contributed by atoms with Crippen molar-refractivity contribution >= 4 is 39.3 Å². The first kappa shape index (κ1) is 26.9. The molecule has 9 nitrogen and oxygen atoms in total. The van der Waals surface area contributed by atoms with E-state index in [0.717, 1.165) is 12.8 Å². The minimum absolute atomic E-state index is 0.0510. The number of aliphatic hydroxyl groups is 1. The Bertz CT molecular complexity index is 975. The maximum absolute atomic E-state index is 13.8. The molecule has 10 heteroatoms. The summed E-state index contributed by atoms with van der Waals surface area (Å²) in [4.78, 5) is 42.2. The number of ether oxygens (including phenoxy) is 2. The van der Waals surface area contributed by atoms with E-state index in [9.17, 15) is 19.5 Å². The number of aliphatic hydroxyl groups excluding tert-OH is 1. The molecular weight excluding hydrogens is 530 g/mol. The van der Waals surface area contributed by atoms with Gasteiger partial charge in [0.25, 0.3) is 0 Å². The average molecular weight is 566 g/mol. The second-order valence-electron chi connectivity index (χ2n) is 9.92. The summed E-state index contributed by atoms with van der Waals surface area (Å²) in [6.07, 6.45) is 2.01. The third-order valence-corrected chi connectivity index (χ3v) is 8.29. The number of hydrogen-bond acceptors (Lipinski definition) is 6. The van der Waals surface area contributed by atoms with Crippen LogP contribution in [-0.4, -0.2) is 76.1 Å². The average Bonchev–Trinajstić information content (AvgIpc) is 3.42. The van der Waals surface area contributed by atoms with E-state index in [1.807, 2.05) is 13.8 Å². The highest BCUT2D eigenvalue weighted by molar-refractivity contribution is 9.09. The lowest BCUT2D eigenvalue weighted by Gasteiger charge is -2.34. The molecule has 1 aromatic rings. The van der Waals surface area contributed by atoms with Crippen LogP contribution in [0.1, 0.15) is 46.5 Å². The number of rotatable bonds is 11. The molecule has 2 bridgehead atoms. The number of nitrogens with one attached hydrogen (secondary N) is 2. The molecular formula is C26H36BrN3O6. The van der Waals surface area contributed by atoms with Gasteiger partial charge in [0.05, 0.1) is 24.5 Å². The fraction of sp³-hybridized carbons (Fsp3) is 0.654. The second kappa shape index (κ2) is 11.1. The molecule has 3 aliphatic rings. The Labute approximate surface area is 220 Å². The topological polar surface area (TPSA) is 117 Å². The molecule has 3 aliphatic heterocycles. The quantitative estimate of drug-likeness (QED) is 0.355. The Kier molecular flexibility index (Phi) is 8.26. The van der Waals surface area contributed by atoms with E-state index in [1.165, 1.54) is 4.90 Å². The molecule has 3 saturated heterocycles. The smallest absolute Gasteiger partial charge is 0.246 e. The number of carbonyl (C=O) groups excluding carboxylic acids is 3. The van der Waals surface area contributed by atoms with Crippen LogP contribution in [0.25, 0.3) is 0 Å². The van der Waals surface area contributed by atoms with Crippen molar-refractivity contribution in [3.05, 3.63) is 24.3 Å². The van der Waals surface area contributed by atoms with Crippen LogP contribution in [0.5, 0.6) is 5.75 Å². The van der Waals surface area contributed by atoms with Crippen LogP contribution in [0.3, 0.4) is 0 Å². The van der Waals surface area contributed by atoms with E-state index < -0.39 is 29.6 Å². The molecule has 1 spiro atoms. The van der Waals surface area contributed by atoms with Crippen LogP contribution < -0.4 is 15.4 Å². The lowest BCUT2D eigenvalue weighted by Crippen LogP contribution is -2.57. The molecule has 1 aromatic carbocycles. The predicted octanol–water partition coefficient (Wildman–Crippen LogP) is 2.46. The largest absolute Gasteiger partial charge is 0.494 e. The zero-order valence-corrected chi connectivity index (χ0v) is 22.6. The number of alkyl halides is 1. The standard InChI is InChI=1S/C26H36BrN3O6/c1-4-7-15(3)28-24(33)22-26-14-18(27)21(36-26)19(20(26)25(34)30(22)12-6-13-31)23(32)29-16-8-10-17(11-9-16)35-5-2/h8-11,15,18-22,31H,4-7,12-14H2,1-3H3,(H,28,33)(H,29,32)/t15?,18?,19-,20+,21-,22?,26?/m1/s1. The van der Waals surface area contributed by atoms with Gasteiger partial charge in [-0.1, -0.05) is 29.3 Å². The number of hydrogen-bond donors (Lipinski definition) is 3. The number of nitrogens with zero attached hydrogens (tertiary/aromatic N) is 1. The van der Waals surface area contributed by atoms with Gasteiger partial charge in [0.1, 0.15) is 17.4 Å². The van der Waals surface area contributed by atoms with Gasteiger partial charge in [0.15, 0.2) is 0 Å². The molecule has 0 aliphatic carbocycles. The van der Waals surface area contributed by atoms with Crippen molar-refractivity contribution in [3.63, 3.8) is 0 Å². The minimum Gasteiger partial charge on any atom is -0.494 e. The number of benzene rings is 1. The molecule has 0 saturated carbocycles. The number of anilines is 1. The van der Waals surface area contributed by atoms with Crippen LogP contribution in [0.2, 0.25) is 0 Å². The minimum atomic E-state index is -1.10. The summed E-state index contributed by atoms with van der Waals surface area (Å²) in [6, 6.07) is 6.17. The maximum atomic E-state index is 13.8. The van der Waals surface area contributed by atoms with E-state index in [0.29, 0.717) is 30.9 Å². The zero-order chi connectivity index (χ0) is 26.0. The number of likely N-dealkylation sites (tertiary alicyclic amines) is 1. The van der Waals surface area contributed by atoms with Gasteiger partial charge in [0.2, 0.25) is 17.7 Å². The summed E-state index contributed by atoms with van der Waals surface area (Å²) >= 11 is 3.67. The fourth-order valence-electron chi connectivity index (χ4n) is 6.06. The predicted molar refractivity (Wildman–Crippen MR) is 138 cm³/mol. The van der Waals surface area contributed by atoms with Crippen molar-refractivity contribution in [2.45, 2.75) is 75.1 Å². The molecule has 4 rings (SSSR count). The third kappa shape index (κ3) is 4.75. The monoisotopic (exact) mass is 565 g/mol. The number of halogens is 1. The molecule has 3 fully saturated rings. The normalized spacial score (nSPS) is 31.3. The van der Waals surface area contributed by atoms with Crippen molar-refractivity contribution in [2.75, 3.05) is 25.1 Å². The Morgan fingerprint density at radius 3 is 2.64 bits per heavy atom. The maximum Gasteiger partial charge on any atom is 0.246 e. The summed E-state index contributed by atoms with van der Waals surface area (Å²) in [5, 5.41) is 15.4. The van der Waals surface area contributed by atoms with Crippen molar-refractivity contribution in [1.29, 1.82) is 0 Å². The Hall–Kier alpha value is -2.17. The van der Waals surface area contributed by atoms with Gasteiger partial charge in [-0.05, 0) is 57.4 Å². The summed E-state index contributed by atoms with van der Waals surface area (Å²) in [7, 11) is 0. The molecule has 7 atom stereocenters. The van der Waals surface area contributed by atoms with E-state index >= 15 is 0 Å². The van der Waals surface area contributed by atoms with Crippen LogP contribution >= 0.6 is 15.9 Å². The van der Waals surface area contributed by atoms with Crippen LogP contribution in [0.15, 0.2) is 24.3 Å². The first-order chi connectivity index (χ1) is 17.3. The molecule has 4 unspecified atom stereocenters. The molecule has 3 amide bonds. The fourth-order valence-corrected chi connectivity index (χ4v) is 7.01. The van der Waals surface area contributed by atoms with Gasteiger partial charge in [-0.2, -0.15) is 0 Å². The van der Waals surface area contributed by atoms with Gasteiger partial charge in [0, 0.05) is 29.7 Å². The SMILES string of the molecule is CCCC(C)NC(=O)C1N(CCCO)C(=O)[C@@H]2[C@@H](C(=O)Nc3ccc(OCC)cc3)[C@@H]3OC12CC3Br. The highest BCUT2D eigenvalue weighted by Gasteiger charge is 2.76. The van der Waals surface area contributed by atoms with E-state index in [2.05, 4.69) is 33.5 Å². The van der Waals surface area contributed by atoms with Crippen LogP contribution in [-0.2, 0) is 19.1 Å². The van der Waals surface area contributed by atoms with Crippen LogP contribution in [0.4, 0.5) is 5.69 Å². The number of carbonyl (C=O) groups is 3. The lowest BCUT2D eigenvalue weighted by atomic mass is 9.70. The molecule has 36 heavy (non-hydrogen) atoms. The first-order valence-electron chi connectivity index (χ1n) is 12.8. The first-order valence-corrected chi connectivity index (χ1v) is 13.8. The van der Waals surface area contributed by atoms with Crippen molar-refractivity contribution < 1.29 is 29.0 Å². The van der Waals surface area contributed by atoms with Gasteiger partial charge < -0.3 is 30.1 Å². The Morgan fingerprint density at radius 2 is 2.00 bits per heavy atom. The highest BCUT2D eigenvalue weighted by atomic mass is 79.9. The van der Waals surface area contributed by atoms with Gasteiger partial charge in [-0.15, -0.1) is 0 Å². The van der Waals surface area contributed by atoms with Crippen molar-refractivity contribution in [3.8, 4) is 5.75 Å². The van der Waals surface area contributed by atoms with Gasteiger partial charge in [-0.3, -0.25) is 14.4 Å². The molecule has 3 heterocycles. The zero-order valence-electron chi connectivity index (χ0n) is 21.0. The highest BCUT2D eigenvalue weighted by Crippen LogP contribution is 2.60. The number of amides is 3. The summed E-state index contributed by atoms with van der Waals surface area (Å²) in [5.74, 6) is -1.65. The summed E-state index contributed by atoms with van der Waals surface area (Å²) in [5.41, 5.74) is -0.501. The van der Waals surface area contributed by atoms with Gasteiger partial charge in [-0.25, -0.2) is 0 Å². The molecule has 198 valence electrons. The molecule has 0 aromatic heterocycles. The second-order valence-corrected chi connectivity index (χ2v) is 11.1. The van der Waals surface area contributed by atoms with Crippen molar-refractivity contribution in [1.82, 2.24) is 10.2 Å². The van der Waals surface area contributed by atoms with E-state index in [1.54, 1.807) is 24.3 Å². The van der Waals surface area contributed by atoms with E-state index in [4.69, 9.17) is 9.47 Å². The molecule has 0 radical (unpaired) electrons. The Morgan fingerprint density at radius 1 is 1.28 bits per heavy atom. The van der Waals surface area contributed by atoms with Gasteiger partial charge >= 0.3 is 0 Å². The summed E-state index contributed by atoms with van der Waals surface area (Å²) in [6.45, 7) is 6.56. The summed E-state index contributed by atoms with van der Waals surface area (Å²) < 4.78 is 11.9. The number of fused-ring (bicyclic) bond motifs is 1. The Balaban J connectivity index is 1.61.